The predicted octanol–water partition coefficient (Wildman–Crippen LogP) is 4.31. The Morgan fingerprint density at radius 1 is 1.22 bits per heavy atom. The highest BCUT2D eigenvalue weighted by atomic mass is 35.5. The second kappa shape index (κ2) is 8.91. The van der Waals surface area contributed by atoms with Gasteiger partial charge in [-0.3, -0.25) is 9.59 Å². The predicted molar refractivity (Wildman–Crippen MR) is 92.1 cm³/mol. The van der Waals surface area contributed by atoms with E-state index in [2.05, 4.69) is 5.32 Å². The van der Waals surface area contributed by atoms with Gasteiger partial charge < -0.3 is 10.1 Å². The molecular formula is C16H15Cl2NO3S. The van der Waals surface area contributed by atoms with E-state index in [1.807, 2.05) is 5.38 Å². The van der Waals surface area contributed by atoms with Crippen LogP contribution in [0.25, 0.3) is 0 Å². The standard InChI is InChI=1S/C16H15Cl2NO3S/c17-13-4-3-11(14(18)8-13)9-22-15(20)2-1-6-19-16(21)12-5-7-23-10-12/h3-5,7-8,10H,1-2,6,9H2,(H,19,21). The monoisotopic (exact) mass is 371 g/mol. The number of benzene rings is 1. The van der Waals surface area contributed by atoms with Crippen LogP contribution in [-0.2, 0) is 16.1 Å². The van der Waals surface area contributed by atoms with E-state index in [1.165, 1.54) is 11.3 Å². The fourth-order valence-electron chi connectivity index (χ4n) is 1.80. The van der Waals surface area contributed by atoms with Crippen LogP contribution in [0.15, 0.2) is 35.0 Å². The number of carbonyl (C=O) groups is 2. The summed E-state index contributed by atoms with van der Waals surface area (Å²) in [6.07, 6.45) is 0.748. The molecule has 0 spiro atoms. The van der Waals surface area contributed by atoms with Crippen LogP contribution >= 0.6 is 34.5 Å². The van der Waals surface area contributed by atoms with Gasteiger partial charge in [-0.1, -0.05) is 29.3 Å². The average Bonchev–Trinajstić information content (AvgIpc) is 3.05. The molecule has 1 heterocycles. The Bertz CT molecular complexity index is 674. The normalized spacial score (nSPS) is 10.3. The summed E-state index contributed by atoms with van der Waals surface area (Å²) in [5, 5.41) is 7.37. The second-order valence-electron chi connectivity index (χ2n) is 4.77. The van der Waals surface area contributed by atoms with Gasteiger partial charge in [-0.05, 0) is 30.0 Å². The van der Waals surface area contributed by atoms with Crippen LogP contribution in [0.4, 0.5) is 0 Å². The molecule has 4 nitrogen and oxygen atoms in total. The number of hydrogen-bond donors (Lipinski definition) is 1. The minimum atomic E-state index is -0.333. The molecule has 122 valence electrons. The Balaban J connectivity index is 1.64. The van der Waals surface area contributed by atoms with Gasteiger partial charge in [0.25, 0.3) is 5.91 Å². The van der Waals surface area contributed by atoms with Crippen LogP contribution in [0.3, 0.4) is 0 Å². The number of esters is 1. The van der Waals surface area contributed by atoms with Crippen LogP contribution < -0.4 is 5.32 Å². The lowest BCUT2D eigenvalue weighted by molar-refractivity contribution is -0.145. The van der Waals surface area contributed by atoms with Crippen LogP contribution in [0.2, 0.25) is 10.0 Å². The fourth-order valence-corrected chi connectivity index (χ4v) is 2.90. The van der Waals surface area contributed by atoms with E-state index >= 15 is 0 Å². The van der Waals surface area contributed by atoms with Crippen molar-refractivity contribution in [2.24, 2.45) is 0 Å². The van der Waals surface area contributed by atoms with Crippen molar-refractivity contribution in [1.82, 2.24) is 5.32 Å². The minimum Gasteiger partial charge on any atom is -0.461 e. The lowest BCUT2D eigenvalue weighted by Gasteiger charge is -2.07. The van der Waals surface area contributed by atoms with Crippen LogP contribution in [0.1, 0.15) is 28.8 Å². The van der Waals surface area contributed by atoms with Gasteiger partial charge >= 0.3 is 5.97 Å². The lowest BCUT2D eigenvalue weighted by Crippen LogP contribution is -2.24. The number of hydrogen-bond acceptors (Lipinski definition) is 4. The number of halogens is 2. The number of thiophene rings is 1. The SMILES string of the molecule is O=C(CCCNC(=O)c1ccsc1)OCc1ccc(Cl)cc1Cl. The van der Waals surface area contributed by atoms with Gasteiger partial charge in [0, 0.05) is 39.5 Å². The average molecular weight is 372 g/mol. The molecule has 0 radical (unpaired) electrons. The second-order valence-corrected chi connectivity index (χ2v) is 6.39. The molecule has 0 saturated heterocycles. The van der Waals surface area contributed by atoms with E-state index in [9.17, 15) is 9.59 Å². The Kier molecular flexibility index (Phi) is 6.89. The Morgan fingerprint density at radius 3 is 2.74 bits per heavy atom. The molecule has 0 unspecified atom stereocenters. The van der Waals surface area contributed by atoms with E-state index in [1.54, 1.807) is 29.6 Å². The van der Waals surface area contributed by atoms with Crippen molar-refractivity contribution in [2.45, 2.75) is 19.4 Å². The summed E-state index contributed by atoms with van der Waals surface area (Å²) in [4.78, 5) is 23.3. The van der Waals surface area contributed by atoms with Gasteiger partial charge in [-0.2, -0.15) is 11.3 Å². The maximum atomic E-state index is 11.7. The summed E-state index contributed by atoms with van der Waals surface area (Å²) in [5.41, 5.74) is 1.34. The molecule has 0 bridgehead atoms. The topological polar surface area (TPSA) is 55.4 Å². The first-order valence-corrected chi connectivity index (χ1v) is 8.66. The molecule has 1 N–H and O–H groups in total. The third-order valence-electron chi connectivity index (χ3n) is 3.03. The molecule has 0 fully saturated rings. The number of nitrogens with one attached hydrogen (secondary N) is 1. The fraction of sp³-hybridized carbons (Fsp3) is 0.250. The van der Waals surface area contributed by atoms with Crippen molar-refractivity contribution in [3.8, 4) is 0 Å². The van der Waals surface area contributed by atoms with E-state index in [4.69, 9.17) is 27.9 Å². The van der Waals surface area contributed by atoms with E-state index in [-0.39, 0.29) is 24.9 Å². The van der Waals surface area contributed by atoms with Gasteiger partial charge in [0.2, 0.25) is 0 Å². The summed E-state index contributed by atoms with van der Waals surface area (Å²) in [5.74, 6) is -0.464. The summed E-state index contributed by atoms with van der Waals surface area (Å²) >= 11 is 13.3. The molecule has 2 aromatic rings. The molecule has 2 rings (SSSR count). The van der Waals surface area contributed by atoms with Crippen LogP contribution in [0.5, 0.6) is 0 Å². The molecule has 0 aliphatic heterocycles. The van der Waals surface area contributed by atoms with E-state index < -0.39 is 0 Å². The minimum absolute atomic E-state index is 0.107. The summed E-state index contributed by atoms with van der Waals surface area (Å²) in [7, 11) is 0. The molecule has 7 heteroatoms. The third-order valence-corrected chi connectivity index (χ3v) is 4.30. The highest BCUT2D eigenvalue weighted by Gasteiger charge is 2.08. The van der Waals surface area contributed by atoms with Crippen molar-refractivity contribution in [1.29, 1.82) is 0 Å². The smallest absolute Gasteiger partial charge is 0.306 e. The van der Waals surface area contributed by atoms with Crippen molar-refractivity contribution in [3.63, 3.8) is 0 Å². The summed E-state index contributed by atoms with van der Waals surface area (Å²) in [6.45, 7) is 0.529. The summed E-state index contributed by atoms with van der Waals surface area (Å²) < 4.78 is 5.15. The highest BCUT2D eigenvalue weighted by molar-refractivity contribution is 7.08. The number of ether oxygens (including phenoxy) is 1. The Hall–Kier alpha value is -1.56. The van der Waals surface area contributed by atoms with Crippen molar-refractivity contribution in [3.05, 3.63) is 56.2 Å². The molecule has 1 aromatic carbocycles. The van der Waals surface area contributed by atoms with Crippen molar-refractivity contribution >= 4 is 46.4 Å². The first-order valence-electron chi connectivity index (χ1n) is 6.96. The van der Waals surface area contributed by atoms with Gasteiger partial charge in [0.05, 0.1) is 0 Å². The molecule has 23 heavy (non-hydrogen) atoms. The first kappa shape index (κ1) is 17.8. The van der Waals surface area contributed by atoms with Crippen molar-refractivity contribution in [2.75, 3.05) is 6.54 Å². The van der Waals surface area contributed by atoms with Gasteiger partial charge in [0.1, 0.15) is 6.61 Å². The largest absolute Gasteiger partial charge is 0.461 e. The number of rotatable bonds is 7. The third kappa shape index (κ3) is 5.86. The Morgan fingerprint density at radius 2 is 2.04 bits per heavy atom. The van der Waals surface area contributed by atoms with Crippen LogP contribution in [0, 0.1) is 0 Å². The molecular weight excluding hydrogens is 357 g/mol. The van der Waals surface area contributed by atoms with Crippen molar-refractivity contribution < 1.29 is 14.3 Å². The van der Waals surface area contributed by atoms with E-state index in [0.29, 0.717) is 34.1 Å². The van der Waals surface area contributed by atoms with Gasteiger partial charge in [0.15, 0.2) is 0 Å². The van der Waals surface area contributed by atoms with E-state index in [0.717, 1.165) is 0 Å². The lowest BCUT2D eigenvalue weighted by atomic mass is 10.2. The highest BCUT2D eigenvalue weighted by Crippen LogP contribution is 2.21. The van der Waals surface area contributed by atoms with Crippen LogP contribution in [-0.4, -0.2) is 18.4 Å². The first-order chi connectivity index (χ1) is 11.1. The zero-order valence-electron chi connectivity index (χ0n) is 12.2. The molecule has 0 aliphatic carbocycles. The maximum absolute atomic E-state index is 11.7. The van der Waals surface area contributed by atoms with Gasteiger partial charge in [-0.15, -0.1) is 0 Å². The number of carbonyl (C=O) groups excluding carboxylic acids is 2. The molecule has 1 aromatic heterocycles. The molecule has 0 aliphatic rings. The zero-order valence-corrected chi connectivity index (χ0v) is 14.5. The maximum Gasteiger partial charge on any atom is 0.306 e. The number of amides is 1. The molecule has 0 saturated carbocycles. The zero-order chi connectivity index (χ0) is 16.7. The quantitative estimate of drug-likeness (QED) is 0.582. The molecule has 0 atom stereocenters. The summed E-state index contributed by atoms with van der Waals surface area (Å²) in [6, 6.07) is 6.77. The Labute approximate surface area is 148 Å². The van der Waals surface area contributed by atoms with Gasteiger partial charge in [-0.25, -0.2) is 0 Å². The molecule has 1 amide bonds.